The van der Waals surface area contributed by atoms with Gasteiger partial charge in [0.25, 0.3) is 0 Å². The molecule has 22 heavy (non-hydrogen) atoms. The van der Waals surface area contributed by atoms with Gasteiger partial charge in [-0.1, -0.05) is 11.6 Å². The van der Waals surface area contributed by atoms with E-state index in [1.165, 1.54) is 6.26 Å². The maximum Gasteiger partial charge on any atom is 0.315 e. The van der Waals surface area contributed by atoms with Gasteiger partial charge in [0.1, 0.15) is 11.3 Å². The van der Waals surface area contributed by atoms with Crippen LogP contribution in [0.15, 0.2) is 53.1 Å². The minimum absolute atomic E-state index is 0.0767. The maximum atomic E-state index is 12.0. The molecule has 0 unspecified atom stereocenters. The third-order valence-electron chi connectivity index (χ3n) is 3.17. The Morgan fingerprint density at radius 1 is 1.23 bits per heavy atom. The van der Waals surface area contributed by atoms with Gasteiger partial charge < -0.3 is 9.15 Å². The van der Waals surface area contributed by atoms with Crippen molar-refractivity contribution in [3.63, 3.8) is 0 Å². The van der Waals surface area contributed by atoms with E-state index in [1.54, 1.807) is 42.5 Å². The highest BCUT2D eigenvalue weighted by Gasteiger charge is 2.12. The van der Waals surface area contributed by atoms with Crippen LogP contribution in [0.2, 0.25) is 5.02 Å². The van der Waals surface area contributed by atoms with Gasteiger partial charge in [0.05, 0.1) is 24.3 Å². The molecule has 4 nitrogen and oxygen atoms in total. The van der Waals surface area contributed by atoms with E-state index in [-0.39, 0.29) is 6.42 Å². The lowest BCUT2D eigenvalue weighted by Gasteiger charge is -2.03. The summed E-state index contributed by atoms with van der Waals surface area (Å²) in [5, 5.41) is 10.1. The first-order valence-corrected chi connectivity index (χ1v) is 6.90. The first-order chi connectivity index (χ1) is 10.7. The van der Waals surface area contributed by atoms with Crippen molar-refractivity contribution in [1.29, 1.82) is 5.26 Å². The molecule has 0 atom stereocenters. The second-order valence-corrected chi connectivity index (χ2v) is 5.12. The molecule has 0 aliphatic heterocycles. The molecular formula is C17H10ClNO3. The maximum absolute atomic E-state index is 12.0. The van der Waals surface area contributed by atoms with Crippen molar-refractivity contribution >= 4 is 28.5 Å². The Balaban J connectivity index is 1.75. The summed E-state index contributed by atoms with van der Waals surface area (Å²) in [6.45, 7) is 0. The molecule has 0 radical (unpaired) electrons. The van der Waals surface area contributed by atoms with Crippen molar-refractivity contribution in [3.05, 3.63) is 64.9 Å². The van der Waals surface area contributed by atoms with Crippen LogP contribution in [0.4, 0.5) is 0 Å². The molecule has 0 saturated carbocycles. The van der Waals surface area contributed by atoms with E-state index in [9.17, 15) is 4.79 Å². The van der Waals surface area contributed by atoms with Crippen LogP contribution in [-0.2, 0) is 11.2 Å². The number of rotatable bonds is 3. The van der Waals surface area contributed by atoms with Crippen molar-refractivity contribution in [2.45, 2.75) is 6.42 Å². The van der Waals surface area contributed by atoms with Crippen LogP contribution < -0.4 is 4.74 Å². The van der Waals surface area contributed by atoms with Crippen LogP contribution in [0.3, 0.4) is 0 Å². The van der Waals surface area contributed by atoms with Crippen molar-refractivity contribution in [3.8, 4) is 11.8 Å². The minimum Gasteiger partial charge on any atom is -0.464 e. The second-order valence-electron chi connectivity index (χ2n) is 4.69. The van der Waals surface area contributed by atoms with E-state index < -0.39 is 5.97 Å². The van der Waals surface area contributed by atoms with Crippen LogP contribution in [0, 0.1) is 11.3 Å². The molecule has 0 aliphatic rings. The van der Waals surface area contributed by atoms with E-state index in [0.717, 1.165) is 10.9 Å². The highest BCUT2D eigenvalue weighted by molar-refractivity contribution is 6.31. The summed E-state index contributed by atoms with van der Waals surface area (Å²) in [6.07, 6.45) is 1.61. The predicted molar refractivity (Wildman–Crippen MR) is 81.7 cm³/mol. The average molecular weight is 312 g/mol. The van der Waals surface area contributed by atoms with Crippen LogP contribution in [-0.4, -0.2) is 5.97 Å². The number of hydrogen-bond donors (Lipinski definition) is 0. The third kappa shape index (κ3) is 2.95. The van der Waals surface area contributed by atoms with E-state index in [4.69, 9.17) is 26.0 Å². The van der Waals surface area contributed by atoms with Crippen LogP contribution >= 0.6 is 11.6 Å². The lowest BCUT2D eigenvalue weighted by molar-refractivity contribution is -0.133. The average Bonchev–Trinajstić information content (AvgIpc) is 2.90. The van der Waals surface area contributed by atoms with Gasteiger partial charge in [-0.3, -0.25) is 4.79 Å². The number of hydrogen-bond acceptors (Lipinski definition) is 4. The highest BCUT2D eigenvalue weighted by atomic mass is 35.5. The molecule has 1 heterocycles. The predicted octanol–water partition coefficient (Wildman–Crippen LogP) is 4.11. The van der Waals surface area contributed by atoms with Crippen molar-refractivity contribution in [1.82, 2.24) is 0 Å². The Morgan fingerprint density at radius 2 is 2.00 bits per heavy atom. The summed E-state index contributed by atoms with van der Waals surface area (Å²) in [4.78, 5) is 12.0. The van der Waals surface area contributed by atoms with E-state index in [2.05, 4.69) is 0 Å². The lowest BCUT2D eigenvalue weighted by atomic mass is 10.1. The molecule has 3 rings (SSSR count). The van der Waals surface area contributed by atoms with Crippen LogP contribution in [0.1, 0.15) is 11.1 Å². The van der Waals surface area contributed by atoms with E-state index in [1.807, 2.05) is 6.07 Å². The Bertz CT molecular complexity index is 875. The van der Waals surface area contributed by atoms with Gasteiger partial charge in [-0.05, 0) is 42.5 Å². The normalized spacial score (nSPS) is 10.4. The van der Waals surface area contributed by atoms with Gasteiger partial charge >= 0.3 is 5.97 Å². The Morgan fingerprint density at radius 3 is 2.73 bits per heavy atom. The van der Waals surface area contributed by atoms with Gasteiger partial charge in [-0.25, -0.2) is 0 Å². The SMILES string of the molecule is N#Cc1ccc(OC(=O)Cc2coc3ccc(Cl)cc23)cc1. The zero-order valence-electron chi connectivity index (χ0n) is 11.4. The van der Waals surface area contributed by atoms with Gasteiger partial charge in [0.2, 0.25) is 0 Å². The zero-order valence-corrected chi connectivity index (χ0v) is 12.1. The molecule has 0 amide bonds. The Labute approximate surface area is 131 Å². The fraction of sp³-hybridized carbons (Fsp3) is 0.0588. The van der Waals surface area contributed by atoms with Gasteiger partial charge in [-0.2, -0.15) is 5.26 Å². The molecule has 3 aromatic rings. The van der Waals surface area contributed by atoms with Crippen molar-refractivity contribution in [2.24, 2.45) is 0 Å². The second kappa shape index (κ2) is 5.92. The molecule has 0 fully saturated rings. The van der Waals surface area contributed by atoms with Gasteiger partial charge in [0.15, 0.2) is 0 Å². The number of furan rings is 1. The minimum atomic E-state index is -0.410. The molecule has 2 aromatic carbocycles. The number of carbonyl (C=O) groups is 1. The number of carbonyl (C=O) groups excluding carboxylic acids is 1. The van der Waals surface area contributed by atoms with Gasteiger partial charge in [0, 0.05) is 16.0 Å². The Hall–Kier alpha value is -2.77. The summed E-state index contributed by atoms with van der Waals surface area (Å²) in [6, 6.07) is 13.6. The molecule has 5 heteroatoms. The highest BCUT2D eigenvalue weighted by Crippen LogP contribution is 2.25. The molecule has 0 saturated heterocycles. The summed E-state index contributed by atoms with van der Waals surface area (Å²) >= 11 is 5.96. The molecule has 0 aliphatic carbocycles. The molecule has 0 spiro atoms. The third-order valence-corrected chi connectivity index (χ3v) is 3.40. The molecule has 0 bridgehead atoms. The first-order valence-electron chi connectivity index (χ1n) is 6.52. The number of nitriles is 1. The zero-order chi connectivity index (χ0) is 15.5. The lowest BCUT2D eigenvalue weighted by Crippen LogP contribution is -2.10. The number of halogens is 1. The Kier molecular flexibility index (Phi) is 3.82. The summed E-state index contributed by atoms with van der Waals surface area (Å²) in [5.74, 6) is -0.0118. The van der Waals surface area contributed by atoms with Crippen LogP contribution in [0.5, 0.6) is 5.75 Å². The molecule has 0 N–H and O–H groups in total. The summed E-state index contributed by atoms with van der Waals surface area (Å²) in [7, 11) is 0. The number of esters is 1. The van der Waals surface area contributed by atoms with E-state index in [0.29, 0.717) is 21.9 Å². The number of fused-ring (bicyclic) bond motifs is 1. The summed E-state index contributed by atoms with van der Waals surface area (Å²) in [5.41, 5.74) is 1.90. The number of benzene rings is 2. The standard InChI is InChI=1S/C17H10ClNO3/c18-13-3-6-16-15(8-13)12(10-21-16)7-17(20)22-14-4-1-11(9-19)2-5-14/h1-6,8,10H,7H2. The fourth-order valence-corrected chi connectivity index (χ4v) is 2.28. The number of ether oxygens (including phenoxy) is 1. The quantitative estimate of drug-likeness (QED) is 0.539. The smallest absolute Gasteiger partial charge is 0.315 e. The fourth-order valence-electron chi connectivity index (χ4n) is 2.11. The first kappa shape index (κ1) is 14.2. The molecule has 1 aromatic heterocycles. The topological polar surface area (TPSA) is 63.2 Å². The van der Waals surface area contributed by atoms with Crippen molar-refractivity contribution in [2.75, 3.05) is 0 Å². The largest absolute Gasteiger partial charge is 0.464 e. The molecule has 108 valence electrons. The summed E-state index contributed by atoms with van der Waals surface area (Å²) < 4.78 is 10.6. The van der Waals surface area contributed by atoms with E-state index >= 15 is 0 Å². The monoisotopic (exact) mass is 311 g/mol. The van der Waals surface area contributed by atoms with Gasteiger partial charge in [-0.15, -0.1) is 0 Å². The number of nitrogens with zero attached hydrogens (tertiary/aromatic N) is 1. The van der Waals surface area contributed by atoms with Crippen LogP contribution in [0.25, 0.3) is 11.0 Å². The van der Waals surface area contributed by atoms with Crippen molar-refractivity contribution < 1.29 is 13.9 Å². The molecular weight excluding hydrogens is 302 g/mol.